The monoisotopic (exact) mass is 306 g/mol. The number of halogens is 1. The van der Waals surface area contributed by atoms with Crippen molar-refractivity contribution >= 4 is 17.5 Å². The normalized spacial score (nSPS) is 12.1. The third kappa shape index (κ3) is 4.04. The van der Waals surface area contributed by atoms with Gasteiger partial charge in [-0.15, -0.1) is 5.10 Å². The molecule has 6 heteroatoms. The smallest absolute Gasteiger partial charge is 0.291 e. The molecule has 0 saturated heterocycles. The molecule has 1 atom stereocenters. The van der Waals surface area contributed by atoms with Crippen molar-refractivity contribution in [2.75, 3.05) is 0 Å². The van der Waals surface area contributed by atoms with Gasteiger partial charge in [0.2, 0.25) is 5.82 Å². The molecule has 0 fully saturated rings. The van der Waals surface area contributed by atoms with Crippen LogP contribution in [0.4, 0.5) is 0 Å². The second kappa shape index (κ2) is 7.22. The van der Waals surface area contributed by atoms with Gasteiger partial charge in [0.15, 0.2) is 0 Å². The molecule has 2 aromatic rings. The minimum Gasteiger partial charge on any atom is -0.342 e. The summed E-state index contributed by atoms with van der Waals surface area (Å²) in [4.78, 5) is 16.4. The summed E-state index contributed by atoms with van der Waals surface area (Å²) in [5.41, 5.74) is 1.01. The second-order valence-electron chi connectivity index (χ2n) is 4.84. The fourth-order valence-electron chi connectivity index (χ4n) is 2.08. The van der Waals surface area contributed by atoms with Gasteiger partial charge >= 0.3 is 0 Å². The van der Waals surface area contributed by atoms with Crippen LogP contribution in [0, 0.1) is 0 Å². The number of rotatable bonds is 6. The van der Waals surface area contributed by atoms with Crippen molar-refractivity contribution in [2.45, 2.75) is 39.2 Å². The Balaban J connectivity index is 2.06. The number of carbonyl (C=O) groups is 1. The summed E-state index contributed by atoms with van der Waals surface area (Å²) < 4.78 is 0. The number of aromatic nitrogens is 3. The van der Waals surface area contributed by atoms with Crippen LogP contribution in [0.1, 0.15) is 54.7 Å². The lowest BCUT2D eigenvalue weighted by atomic mass is 10.0. The number of hydrogen-bond donors (Lipinski definition) is 2. The maximum Gasteiger partial charge on any atom is 0.291 e. The maximum absolute atomic E-state index is 12.2. The highest BCUT2D eigenvalue weighted by Gasteiger charge is 2.17. The number of nitrogens with zero attached hydrogens (tertiary/aromatic N) is 2. The van der Waals surface area contributed by atoms with E-state index in [0.717, 1.165) is 30.7 Å². The van der Waals surface area contributed by atoms with Crippen molar-refractivity contribution in [3.8, 4) is 0 Å². The standard InChI is InChI=1S/C15H19ClN4O/c1-3-5-13-18-14(20-19-13)15(21)17-12(4-2)10-6-8-11(16)9-7-10/h6-9,12H,3-5H2,1-2H3,(H,17,21)(H,18,19,20). The summed E-state index contributed by atoms with van der Waals surface area (Å²) in [5, 5.41) is 10.4. The van der Waals surface area contributed by atoms with E-state index in [0.29, 0.717) is 5.02 Å². The van der Waals surface area contributed by atoms with Gasteiger partial charge < -0.3 is 5.32 Å². The molecule has 2 N–H and O–H groups in total. The number of aromatic amines is 1. The van der Waals surface area contributed by atoms with E-state index in [1.54, 1.807) is 0 Å². The Morgan fingerprint density at radius 1 is 1.33 bits per heavy atom. The zero-order chi connectivity index (χ0) is 15.2. The van der Waals surface area contributed by atoms with Crippen molar-refractivity contribution in [1.82, 2.24) is 20.5 Å². The third-order valence-corrected chi connectivity index (χ3v) is 3.46. The quantitative estimate of drug-likeness (QED) is 0.860. The molecule has 0 bridgehead atoms. The highest BCUT2D eigenvalue weighted by Crippen LogP contribution is 2.19. The molecule has 0 radical (unpaired) electrons. The van der Waals surface area contributed by atoms with Crippen LogP contribution in [0.25, 0.3) is 0 Å². The van der Waals surface area contributed by atoms with Gasteiger partial charge in [0.1, 0.15) is 5.82 Å². The van der Waals surface area contributed by atoms with Gasteiger partial charge in [-0.25, -0.2) is 4.98 Å². The van der Waals surface area contributed by atoms with Crippen LogP contribution in [0.2, 0.25) is 5.02 Å². The van der Waals surface area contributed by atoms with Gasteiger partial charge in [0.05, 0.1) is 6.04 Å². The van der Waals surface area contributed by atoms with Gasteiger partial charge in [-0.3, -0.25) is 9.89 Å². The zero-order valence-corrected chi connectivity index (χ0v) is 12.9. The second-order valence-corrected chi connectivity index (χ2v) is 5.28. The van der Waals surface area contributed by atoms with Gasteiger partial charge in [-0.05, 0) is 30.5 Å². The number of nitrogens with one attached hydrogen (secondary N) is 2. The molecule has 0 aliphatic rings. The van der Waals surface area contributed by atoms with Gasteiger partial charge in [0.25, 0.3) is 5.91 Å². The van der Waals surface area contributed by atoms with Crippen LogP contribution in [-0.2, 0) is 6.42 Å². The topological polar surface area (TPSA) is 70.7 Å². The Kier molecular flexibility index (Phi) is 5.33. The number of aryl methyl sites for hydroxylation is 1. The Bertz CT molecular complexity index is 594. The average Bonchev–Trinajstić information content (AvgIpc) is 2.95. The SMILES string of the molecule is CCCc1nc(C(=O)NC(CC)c2ccc(Cl)cc2)n[nH]1. The van der Waals surface area contributed by atoms with E-state index in [-0.39, 0.29) is 17.8 Å². The van der Waals surface area contributed by atoms with Crippen LogP contribution in [-0.4, -0.2) is 21.1 Å². The fourth-order valence-corrected chi connectivity index (χ4v) is 2.21. The maximum atomic E-state index is 12.2. The van der Waals surface area contributed by atoms with Crippen LogP contribution >= 0.6 is 11.6 Å². The molecule has 1 heterocycles. The summed E-state index contributed by atoms with van der Waals surface area (Å²) in [6.45, 7) is 4.07. The summed E-state index contributed by atoms with van der Waals surface area (Å²) in [5.74, 6) is 0.656. The molecular weight excluding hydrogens is 288 g/mol. The van der Waals surface area contributed by atoms with E-state index in [9.17, 15) is 4.79 Å². The van der Waals surface area contributed by atoms with Crippen molar-refractivity contribution < 1.29 is 4.79 Å². The Morgan fingerprint density at radius 2 is 2.05 bits per heavy atom. The third-order valence-electron chi connectivity index (χ3n) is 3.21. The lowest BCUT2D eigenvalue weighted by Crippen LogP contribution is -2.29. The predicted octanol–water partition coefficient (Wildman–Crippen LogP) is 3.29. The van der Waals surface area contributed by atoms with Crippen molar-refractivity contribution in [2.24, 2.45) is 0 Å². The largest absolute Gasteiger partial charge is 0.342 e. The average molecular weight is 307 g/mol. The summed E-state index contributed by atoms with van der Waals surface area (Å²) in [6.07, 6.45) is 2.52. The first-order valence-electron chi connectivity index (χ1n) is 7.11. The van der Waals surface area contributed by atoms with Crippen molar-refractivity contribution in [3.05, 3.63) is 46.5 Å². The zero-order valence-electron chi connectivity index (χ0n) is 12.2. The number of H-pyrrole nitrogens is 1. The Morgan fingerprint density at radius 3 is 2.67 bits per heavy atom. The van der Waals surface area contributed by atoms with E-state index in [1.807, 2.05) is 31.2 Å². The van der Waals surface area contributed by atoms with E-state index in [4.69, 9.17) is 11.6 Å². The first-order valence-corrected chi connectivity index (χ1v) is 7.49. The number of hydrogen-bond acceptors (Lipinski definition) is 3. The van der Waals surface area contributed by atoms with E-state index in [1.165, 1.54) is 0 Å². The molecule has 2 rings (SSSR count). The van der Waals surface area contributed by atoms with Gasteiger partial charge in [-0.2, -0.15) is 0 Å². The lowest BCUT2D eigenvalue weighted by molar-refractivity contribution is 0.0925. The van der Waals surface area contributed by atoms with Gasteiger partial charge in [-0.1, -0.05) is 37.6 Å². The van der Waals surface area contributed by atoms with Crippen molar-refractivity contribution in [1.29, 1.82) is 0 Å². The minimum atomic E-state index is -0.268. The Hall–Kier alpha value is -1.88. The summed E-state index contributed by atoms with van der Waals surface area (Å²) in [7, 11) is 0. The summed E-state index contributed by atoms with van der Waals surface area (Å²) >= 11 is 5.88. The molecule has 1 aromatic carbocycles. The molecule has 0 saturated carbocycles. The van der Waals surface area contributed by atoms with E-state index < -0.39 is 0 Å². The molecule has 0 aliphatic heterocycles. The molecule has 1 unspecified atom stereocenters. The highest BCUT2D eigenvalue weighted by atomic mass is 35.5. The molecular formula is C15H19ClN4O. The van der Waals surface area contributed by atoms with E-state index in [2.05, 4.69) is 27.4 Å². The first kappa shape index (κ1) is 15.5. The van der Waals surface area contributed by atoms with Gasteiger partial charge in [0, 0.05) is 11.4 Å². The molecule has 112 valence electrons. The van der Waals surface area contributed by atoms with Crippen molar-refractivity contribution in [3.63, 3.8) is 0 Å². The Labute approximate surface area is 129 Å². The molecule has 1 aromatic heterocycles. The fraction of sp³-hybridized carbons (Fsp3) is 0.400. The van der Waals surface area contributed by atoms with Crippen LogP contribution in [0.5, 0.6) is 0 Å². The molecule has 0 aliphatic carbocycles. The van der Waals surface area contributed by atoms with Crippen LogP contribution in [0.15, 0.2) is 24.3 Å². The highest BCUT2D eigenvalue weighted by molar-refractivity contribution is 6.30. The first-order chi connectivity index (χ1) is 10.1. The lowest BCUT2D eigenvalue weighted by Gasteiger charge is -2.16. The van der Waals surface area contributed by atoms with Crippen LogP contribution < -0.4 is 5.32 Å². The minimum absolute atomic E-state index is 0.0807. The molecule has 0 spiro atoms. The summed E-state index contributed by atoms with van der Waals surface area (Å²) in [6, 6.07) is 7.38. The van der Waals surface area contributed by atoms with E-state index >= 15 is 0 Å². The predicted molar refractivity (Wildman–Crippen MR) is 82.3 cm³/mol. The molecule has 5 nitrogen and oxygen atoms in total. The molecule has 21 heavy (non-hydrogen) atoms. The van der Waals surface area contributed by atoms with Crippen LogP contribution in [0.3, 0.4) is 0 Å². The number of benzene rings is 1. The molecule has 1 amide bonds. The number of carbonyl (C=O) groups excluding carboxylic acids is 1. The number of amides is 1.